The summed E-state index contributed by atoms with van der Waals surface area (Å²) in [4.78, 5) is 12.0. The second-order valence-corrected chi connectivity index (χ2v) is 5.35. The predicted octanol–water partition coefficient (Wildman–Crippen LogP) is 4.91. The van der Waals surface area contributed by atoms with Crippen LogP contribution in [0.4, 0.5) is 16.2 Å². The Labute approximate surface area is 124 Å². The van der Waals surface area contributed by atoms with Crippen LogP contribution in [0.1, 0.15) is 16.7 Å². The third-order valence-corrected chi connectivity index (χ3v) is 3.15. The standard InChI is InChI=1S/C16H17ClN2O/c1-10-6-11(2)8-14(7-10)18-16(20)19-15-5-4-13(17)9-12(15)3/h4-9H,1-3H3,(H2,18,19,20). The Morgan fingerprint density at radius 2 is 1.60 bits per heavy atom. The summed E-state index contributed by atoms with van der Waals surface area (Å²) >= 11 is 5.89. The molecule has 2 rings (SSSR count). The minimum absolute atomic E-state index is 0.263. The number of halogens is 1. The van der Waals surface area contributed by atoms with Crippen LogP contribution < -0.4 is 10.6 Å². The van der Waals surface area contributed by atoms with E-state index < -0.39 is 0 Å². The van der Waals surface area contributed by atoms with Crippen LogP contribution in [0, 0.1) is 20.8 Å². The number of benzene rings is 2. The molecule has 2 aromatic rings. The minimum Gasteiger partial charge on any atom is -0.308 e. The maximum atomic E-state index is 12.0. The largest absolute Gasteiger partial charge is 0.323 e. The average Bonchev–Trinajstić information content (AvgIpc) is 2.31. The number of aryl methyl sites for hydroxylation is 3. The van der Waals surface area contributed by atoms with E-state index in [1.54, 1.807) is 12.1 Å². The van der Waals surface area contributed by atoms with Crippen molar-refractivity contribution in [2.75, 3.05) is 10.6 Å². The lowest BCUT2D eigenvalue weighted by atomic mass is 10.1. The van der Waals surface area contributed by atoms with Crippen molar-refractivity contribution in [2.45, 2.75) is 20.8 Å². The van der Waals surface area contributed by atoms with Gasteiger partial charge in [0.05, 0.1) is 0 Å². The summed E-state index contributed by atoms with van der Waals surface area (Å²) in [6, 6.07) is 11.0. The van der Waals surface area contributed by atoms with Crippen LogP contribution in [-0.2, 0) is 0 Å². The maximum Gasteiger partial charge on any atom is 0.323 e. The molecule has 0 saturated heterocycles. The number of carbonyl (C=O) groups excluding carboxylic acids is 1. The zero-order valence-corrected chi connectivity index (χ0v) is 12.5. The maximum absolute atomic E-state index is 12.0. The van der Waals surface area contributed by atoms with E-state index in [0.29, 0.717) is 5.02 Å². The first kappa shape index (κ1) is 14.4. The van der Waals surface area contributed by atoms with E-state index in [1.165, 1.54) is 0 Å². The molecule has 2 N–H and O–H groups in total. The normalized spacial score (nSPS) is 10.2. The fourth-order valence-electron chi connectivity index (χ4n) is 2.10. The van der Waals surface area contributed by atoms with Crippen molar-refractivity contribution in [2.24, 2.45) is 0 Å². The molecule has 104 valence electrons. The molecule has 2 amide bonds. The van der Waals surface area contributed by atoms with Gasteiger partial charge in [-0.3, -0.25) is 0 Å². The molecule has 2 aromatic carbocycles. The molecule has 0 atom stereocenters. The Bertz CT molecular complexity index is 633. The monoisotopic (exact) mass is 288 g/mol. The Hall–Kier alpha value is -2.00. The van der Waals surface area contributed by atoms with E-state index in [1.807, 2.05) is 39.0 Å². The molecule has 0 heterocycles. The van der Waals surface area contributed by atoms with Crippen LogP contribution in [0.25, 0.3) is 0 Å². The number of anilines is 2. The second-order valence-electron chi connectivity index (χ2n) is 4.91. The molecular formula is C16H17ClN2O. The summed E-state index contributed by atoms with van der Waals surface area (Å²) in [6.07, 6.45) is 0. The third kappa shape index (κ3) is 3.75. The number of amides is 2. The SMILES string of the molecule is Cc1cc(C)cc(NC(=O)Nc2ccc(Cl)cc2C)c1. The zero-order chi connectivity index (χ0) is 14.7. The number of urea groups is 1. The summed E-state index contributed by atoms with van der Waals surface area (Å²) in [6.45, 7) is 5.90. The first-order valence-corrected chi connectivity index (χ1v) is 6.74. The lowest BCUT2D eigenvalue weighted by Gasteiger charge is -2.11. The van der Waals surface area contributed by atoms with Crippen molar-refractivity contribution in [3.05, 3.63) is 58.1 Å². The van der Waals surface area contributed by atoms with Crippen LogP contribution in [0.3, 0.4) is 0 Å². The summed E-state index contributed by atoms with van der Waals surface area (Å²) < 4.78 is 0. The molecule has 0 saturated carbocycles. The van der Waals surface area contributed by atoms with Gasteiger partial charge >= 0.3 is 6.03 Å². The van der Waals surface area contributed by atoms with E-state index >= 15 is 0 Å². The van der Waals surface area contributed by atoms with E-state index in [4.69, 9.17) is 11.6 Å². The van der Waals surface area contributed by atoms with Crippen molar-refractivity contribution in [3.8, 4) is 0 Å². The van der Waals surface area contributed by atoms with Gasteiger partial charge in [-0.15, -0.1) is 0 Å². The Morgan fingerprint density at radius 3 is 2.20 bits per heavy atom. The number of nitrogens with one attached hydrogen (secondary N) is 2. The molecular weight excluding hydrogens is 272 g/mol. The summed E-state index contributed by atoms with van der Waals surface area (Å²) in [7, 11) is 0. The highest BCUT2D eigenvalue weighted by Gasteiger charge is 2.06. The highest BCUT2D eigenvalue weighted by molar-refractivity contribution is 6.30. The summed E-state index contributed by atoms with van der Waals surface area (Å²) in [5.41, 5.74) is 4.68. The van der Waals surface area contributed by atoms with Gasteiger partial charge in [-0.2, -0.15) is 0 Å². The fraction of sp³-hybridized carbons (Fsp3) is 0.188. The van der Waals surface area contributed by atoms with Gasteiger partial charge in [0.1, 0.15) is 0 Å². The van der Waals surface area contributed by atoms with Gasteiger partial charge in [0.15, 0.2) is 0 Å². The molecule has 0 unspecified atom stereocenters. The van der Waals surface area contributed by atoms with Gasteiger partial charge in [-0.25, -0.2) is 4.79 Å². The first-order valence-electron chi connectivity index (χ1n) is 6.36. The molecule has 3 nitrogen and oxygen atoms in total. The molecule has 0 spiro atoms. The van der Waals surface area contributed by atoms with Gasteiger partial charge in [-0.1, -0.05) is 17.7 Å². The Morgan fingerprint density at radius 1 is 0.950 bits per heavy atom. The van der Waals surface area contributed by atoms with Gasteiger partial charge in [0, 0.05) is 16.4 Å². The van der Waals surface area contributed by atoms with Gasteiger partial charge < -0.3 is 10.6 Å². The average molecular weight is 289 g/mol. The molecule has 4 heteroatoms. The summed E-state index contributed by atoms with van der Waals surface area (Å²) in [5, 5.41) is 6.30. The van der Waals surface area contributed by atoms with Crippen molar-refractivity contribution >= 4 is 29.0 Å². The molecule has 0 aliphatic rings. The Kier molecular flexibility index (Phi) is 4.30. The van der Waals surface area contributed by atoms with Crippen LogP contribution in [0.15, 0.2) is 36.4 Å². The van der Waals surface area contributed by atoms with Crippen molar-refractivity contribution in [3.63, 3.8) is 0 Å². The lowest BCUT2D eigenvalue weighted by molar-refractivity contribution is 0.262. The van der Waals surface area contributed by atoms with Crippen LogP contribution in [-0.4, -0.2) is 6.03 Å². The molecule has 0 radical (unpaired) electrons. The minimum atomic E-state index is -0.263. The quantitative estimate of drug-likeness (QED) is 0.810. The van der Waals surface area contributed by atoms with Crippen LogP contribution >= 0.6 is 11.6 Å². The summed E-state index contributed by atoms with van der Waals surface area (Å²) in [5.74, 6) is 0. The van der Waals surface area contributed by atoms with E-state index in [0.717, 1.165) is 28.1 Å². The molecule has 0 aliphatic carbocycles. The number of hydrogen-bond donors (Lipinski definition) is 2. The molecule has 0 fully saturated rings. The zero-order valence-electron chi connectivity index (χ0n) is 11.8. The molecule has 0 bridgehead atoms. The highest BCUT2D eigenvalue weighted by atomic mass is 35.5. The van der Waals surface area contributed by atoms with Crippen molar-refractivity contribution < 1.29 is 4.79 Å². The van der Waals surface area contributed by atoms with Gasteiger partial charge in [0.25, 0.3) is 0 Å². The lowest BCUT2D eigenvalue weighted by Crippen LogP contribution is -2.20. The topological polar surface area (TPSA) is 41.1 Å². The van der Waals surface area contributed by atoms with Crippen LogP contribution in [0.2, 0.25) is 5.02 Å². The van der Waals surface area contributed by atoms with E-state index in [9.17, 15) is 4.79 Å². The third-order valence-electron chi connectivity index (χ3n) is 2.92. The smallest absolute Gasteiger partial charge is 0.308 e. The van der Waals surface area contributed by atoms with Crippen molar-refractivity contribution in [1.29, 1.82) is 0 Å². The number of carbonyl (C=O) groups is 1. The first-order chi connectivity index (χ1) is 9.44. The number of rotatable bonds is 2. The Balaban J connectivity index is 2.09. The van der Waals surface area contributed by atoms with Crippen LogP contribution in [0.5, 0.6) is 0 Å². The van der Waals surface area contributed by atoms with Crippen molar-refractivity contribution in [1.82, 2.24) is 0 Å². The number of hydrogen-bond acceptors (Lipinski definition) is 1. The van der Waals surface area contributed by atoms with Gasteiger partial charge in [-0.05, 0) is 67.8 Å². The van der Waals surface area contributed by atoms with E-state index in [-0.39, 0.29) is 6.03 Å². The van der Waals surface area contributed by atoms with Gasteiger partial charge in [0.2, 0.25) is 0 Å². The molecule has 0 aromatic heterocycles. The highest BCUT2D eigenvalue weighted by Crippen LogP contribution is 2.20. The molecule has 20 heavy (non-hydrogen) atoms. The predicted molar refractivity (Wildman–Crippen MR) is 84.7 cm³/mol. The fourth-order valence-corrected chi connectivity index (χ4v) is 2.33. The second kappa shape index (κ2) is 5.97. The molecule has 0 aliphatic heterocycles. The van der Waals surface area contributed by atoms with E-state index in [2.05, 4.69) is 16.7 Å².